The molecule has 1 heterocycles. The predicted molar refractivity (Wildman–Crippen MR) is 129 cm³/mol. The zero-order valence-electron chi connectivity index (χ0n) is 18.1. The molecule has 4 rings (SSSR count). The number of halogens is 2. The van der Waals surface area contributed by atoms with Gasteiger partial charge in [0, 0.05) is 15.6 Å². The van der Waals surface area contributed by atoms with Crippen molar-refractivity contribution in [1.82, 2.24) is 14.8 Å². The zero-order valence-corrected chi connectivity index (χ0v) is 19.7. The minimum atomic E-state index is -0.498. The Bertz CT molecular complexity index is 1280. The SMILES string of the molecule is Cc1nnc(S[C@H](C[N+](=O)[O-])c2ccc(OCc3cccc(F)c3)cc2)n1-c1ccc(Cl)cc1. The summed E-state index contributed by atoms with van der Waals surface area (Å²) in [6.07, 6.45) is 0. The first-order valence-corrected chi connectivity index (χ1v) is 11.6. The largest absolute Gasteiger partial charge is 0.489 e. The summed E-state index contributed by atoms with van der Waals surface area (Å²) in [6, 6.07) is 20.5. The number of hydrogen-bond acceptors (Lipinski definition) is 6. The van der Waals surface area contributed by atoms with Crippen molar-refractivity contribution in [3.05, 3.63) is 111 Å². The highest BCUT2D eigenvalue weighted by atomic mass is 35.5. The molecule has 0 N–H and O–H groups in total. The number of thioether (sulfide) groups is 1. The topological polar surface area (TPSA) is 83.1 Å². The molecule has 0 aliphatic carbocycles. The molecule has 0 saturated carbocycles. The fraction of sp³-hybridized carbons (Fsp3) is 0.167. The van der Waals surface area contributed by atoms with Gasteiger partial charge in [-0.3, -0.25) is 14.7 Å². The van der Waals surface area contributed by atoms with Crippen molar-refractivity contribution in [1.29, 1.82) is 0 Å². The molecule has 4 aromatic rings. The second kappa shape index (κ2) is 10.7. The van der Waals surface area contributed by atoms with E-state index < -0.39 is 5.25 Å². The quantitative estimate of drug-likeness (QED) is 0.158. The van der Waals surface area contributed by atoms with Gasteiger partial charge in [0.1, 0.15) is 29.2 Å². The second-order valence-corrected chi connectivity index (χ2v) is 9.06. The van der Waals surface area contributed by atoms with Gasteiger partial charge in [0.15, 0.2) is 5.16 Å². The van der Waals surface area contributed by atoms with Crippen LogP contribution < -0.4 is 4.74 Å². The molecule has 34 heavy (non-hydrogen) atoms. The van der Waals surface area contributed by atoms with Gasteiger partial charge in [-0.2, -0.15) is 0 Å². The van der Waals surface area contributed by atoms with Crippen LogP contribution in [0.2, 0.25) is 5.02 Å². The Morgan fingerprint density at radius 3 is 2.53 bits per heavy atom. The molecular weight excluding hydrogens is 479 g/mol. The number of benzene rings is 3. The van der Waals surface area contributed by atoms with Crippen molar-refractivity contribution in [2.75, 3.05) is 6.54 Å². The van der Waals surface area contributed by atoms with Gasteiger partial charge in [0.05, 0.1) is 0 Å². The molecule has 0 saturated heterocycles. The Kier molecular flexibility index (Phi) is 7.44. The van der Waals surface area contributed by atoms with Gasteiger partial charge in [-0.05, 0) is 66.6 Å². The number of rotatable bonds is 9. The number of nitrogens with zero attached hydrogens (tertiary/aromatic N) is 4. The summed E-state index contributed by atoms with van der Waals surface area (Å²) in [5, 5.41) is 20.4. The lowest BCUT2D eigenvalue weighted by atomic mass is 10.1. The molecule has 0 amide bonds. The molecule has 0 aliphatic rings. The van der Waals surface area contributed by atoms with Crippen molar-refractivity contribution < 1.29 is 14.1 Å². The average Bonchev–Trinajstić information content (AvgIpc) is 3.18. The van der Waals surface area contributed by atoms with Crippen molar-refractivity contribution in [2.24, 2.45) is 0 Å². The van der Waals surface area contributed by atoms with E-state index in [0.29, 0.717) is 27.3 Å². The van der Waals surface area contributed by atoms with Gasteiger partial charge < -0.3 is 4.74 Å². The van der Waals surface area contributed by atoms with Gasteiger partial charge in [0.25, 0.3) is 0 Å². The molecule has 0 radical (unpaired) electrons. The van der Waals surface area contributed by atoms with Crippen LogP contribution in [-0.2, 0) is 6.61 Å². The Morgan fingerprint density at radius 2 is 1.85 bits per heavy atom. The van der Waals surface area contributed by atoms with Gasteiger partial charge in [-0.1, -0.05) is 47.6 Å². The molecule has 0 aliphatic heterocycles. The maximum absolute atomic E-state index is 13.3. The van der Waals surface area contributed by atoms with Crippen molar-refractivity contribution in [2.45, 2.75) is 23.9 Å². The van der Waals surface area contributed by atoms with Crippen molar-refractivity contribution >= 4 is 23.4 Å². The number of aromatic nitrogens is 3. The van der Waals surface area contributed by atoms with Crippen LogP contribution in [0.5, 0.6) is 5.75 Å². The molecule has 10 heteroatoms. The average molecular weight is 499 g/mol. The third kappa shape index (κ3) is 5.92. The maximum atomic E-state index is 13.3. The van der Waals surface area contributed by atoms with E-state index in [-0.39, 0.29) is 23.9 Å². The minimum absolute atomic E-state index is 0.216. The number of ether oxygens (including phenoxy) is 1. The zero-order chi connectivity index (χ0) is 24.1. The fourth-order valence-corrected chi connectivity index (χ4v) is 4.65. The summed E-state index contributed by atoms with van der Waals surface area (Å²) in [6.45, 7) is 1.74. The Labute approximate surface area is 204 Å². The lowest BCUT2D eigenvalue weighted by Crippen LogP contribution is -2.11. The molecule has 0 bridgehead atoms. The summed E-state index contributed by atoms with van der Waals surface area (Å²) in [7, 11) is 0. The monoisotopic (exact) mass is 498 g/mol. The molecule has 0 spiro atoms. The fourth-order valence-electron chi connectivity index (χ4n) is 3.35. The minimum Gasteiger partial charge on any atom is -0.489 e. The molecule has 1 aromatic heterocycles. The van der Waals surface area contributed by atoms with E-state index in [9.17, 15) is 14.5 Å². The highest BCUT2D eigenvalue weighted by Gasteiger charge is 2.24. The van der Waals surface area contributed by atoms with E-state index in [1.165, 1.54) is 23.9 Å². The van der Waals surface area contributed by atoms with Crippen molar-refractivity contribution in [3.63, 3.8) is 0 Å². The second-order valence-electron chi connectivity index (χ2n) is 7.45. The molecule has 1 atom stereocenters. The summed E-state index contributed by atoms with van der Waals surface area (Å²) < 4.78 is 20.9. The third-order valence-electron chi connectivity index (χ3n) is 4.99. The first-order chi connectivity index (χ1) is 16.4. The van der Waals surface area contributed by atoms with E-state index in [0.717, 1.165) is 11.3 Å². The summed E-state index contributed by atoms with van der Waals surface area (Å²) in [5.74, 6) is 0.918. The Balaban J connectivity index is 1.53. The number of hydrogen-bond donors (Lipinski definition) is 0. The molecule has 7 nitrogen and oxygen atoms in total. The van der Waals surface area contributed by atoms with E-state index in [4.69, 9.17) is 16.3 Å². The first-order valence-electron chi connectivity index (χ1n) is 10.3. The van der Waals surface area contributed by atoms with Crippen LogP contribution in [0, 0.1) is 22.9 Å². The highest BCUT2D eigenvalue weighted by Crippen LogP contribution is 2.36. The van der Waals surface area contributed by atoms with E-state index in [2.05, 4.69) is 10.2 Å². The molecule has 0 unspecified atom stereocenters. The third-order valence-corrected chi connectivity index (χ3v) is 6.42. The highest BCUT2D eigenvalue weighted by molar-refractivity contribution is 7.99. The van der Waals surface area contributed by atoms with Crippen LogP contribution in [0.3, 0.4) is 0 Å². The number of nitro groups is 1. The molecule has 174 valence electrons. The summed E-state index contributed by atoms with van der Waals surface area (Å²) in [4.78, 5) is 11.1. The van der Waals surface area contributed by atoms with Crippen LogP contribution in [0.15, 0.2) is 78.0 Å². The van der Waals surface area contributed by atoms with Crippen LogP contribution in [-0.4, -0.2) is 26.2 Å². The van der Waals surface area contributed by atoms with E-state index in [1.54, 1.807) is 48.5 Å². The first kappa shape index (κ1) is 23.7. The lowest BCUT2D eigenvalue weighted by Gasteiger charge is -2.15. The van der Waals surface area contributed by atoms with Crippen LogP contribution in [0.1, 0.15) is 22.2 Å². The smallest absolute Gasteiger partial charge is 0.220 e. The van der Waals surface area contributed by atoms with Crippen LogP contribution >= 0.6 is 23.4 Å². The van der Waals surface area contributed by atoms with Gasteiger partial charge in [-0.15, -0.1) is 10.2 Å². The molecule has 3 aromatic carbocycles. The van der Waals surface area contributed by atoms with Crippen molar-refractivity contribution in [3.8, 4) is 11.4 Å². The van der Waals surface area contributed by atoms with Gasteiger partial charge >= 0.3 is 0 Å². The molecule has 0 fully saturated rings. The van der Waals surface area contributed by atoms with Crippen LogP contribution in [0.25, 0.3) is 5.69 Å². The summed E-state index contributed by atoms with van der Waals surface area (Å²) >= 11 is 7.27. The standard InChI is InChI=1S/C24H20ClFN4O3S/c1-16-27-28-24(30(16)21-9-7-19(25)8-10-21)34-23(14-29(31)32)18-5-11-22(12-6-18)33-15-17-3-2-4-20(26)13-17/h2-13,23H,14-15H2,1H3/t23-/m1/s1. The lowest BCUT2D eigenvalue weighted by molar-refractivity contribution is -0.479. The Morgan fingerprint density at radius 1 is 1.12 bits per heavy atom. The normalized spacial score (nSPS) is 11.9. The molecular formula is C24H20ClFN4O3S. The summed E-state index contributed by atoms with van der Waals surface area (Å²) in [5.41, 5.74) is 2.28. The van der Waals surface area contributed by atoms with E-state index in [1.807, 2.05) is 23.6 Å². The maximum Gasteiger partial charge on any atom is 0.220 e. The Hall–Kier alpha value is -3.43. The predicted octanol–water partition coefficient (Wildman–Crippen LogP) is 6.06. The van der Waals surface area contributed by atoms with E-state index >= 15 is 0 Å². The van der Waals surface area contributed by atoms with Crippen LogP contribution in [0.4, 0.5) is 4.39 Å². The van der Waals surface area contributed by atoms with Gasteiger partial charge in [-0.25, -0.2) is 4.39 Å². The van der Waals surface area contributed by atoms with Gasteiger partial charge in [0.2, 0.25) is 6.54 Å². The number of aryl methyl sites for hydroxylation is 1.